The van der Waals surface area contributed by atoms with Gasteiger partial charge >= 0.3 is 0 Å². The normalized spacial score (nSPS) is 12.1. The van der Waals surface area contributed by atoms with E-state index in [0.29, 0.717) is 44.1 Å². The zero-order chi connectivity index (χ0) is 25.0. The van der Waals surface area contributed by atoms with Crippen molar-refractivity contribution in [3.05, 3.63) is 90.7 Å². The van der Waals surface area contributed by atoms with Crippen LogP contribution in [0, 0.1) is 0 Å². The lowest BCUT2D eigenvalue weighted by molar-refractivity contribution is -0.109. The van der Waals surface area contributed by atoms with Crippen molar-refractivity contribution in [1.82, 2.24) is 25.1 Å². The maximum Gasteiger partial charge on any atom is 0.225 e. The van der Waals surface area contributed by atoms with Crippen molar-refractivity contribution in [3.8, 4) is 11.3 Å². The van der Waals surface area contributed by atoms with Crippen molar-refractivity contribution in [3.63, 3.8) is 0 Å². The van der Waals surface area contributed by atoms with Crippen LogP contribution in [0.5, 0.6) is 0 Å². The first-order valence-corrected chi connectivity index (χ1v) is 11.5. The molecule has 0 aliphatic heterocycles. The number of carbonyl (C=O) groups excluding carboxylic acids is 1. The van der Waals surface area contributed by atoms with E-state index in [9.17, 15) is 9.18 Å². The number of nitrogens with zero attached hydrogens (tertiary/aromatic N) is 5. The smallest absolute Gasteiger partial charge is 0.225 e. The minimum absolute atomic E-state index is 0.348. The van der Waals surface area contributed by atoms with Gasteiger partial charge in [0.15, 0.2) is 0 Å². The molecule has 0 spiro atoms. The number of halogens is 1. The van der Waals surface area contributed by atoms with Crippen molar-refractivity contribution >= 4 is 17.9 Å². The van der Waals surface area contributed by atoms with Crippen molar-refractivity contribution in [2.24, 2.45) is 0 Å². The van der Waals surface area contributed by atoms with Crippen molar-refractivity contribution in [2.45, 2.75) is 26.8 Å². The Morgan fingerprint density at radius 2 is 1.89 bits per heavy atom. The van der Waals surface area contributed by atoms with Gasteiger partial charge in [0.25, 0.3) is 0 Å². The summed E-state index contributed by atoms with van der Waals surface area (Å²) in [6.45, 7) is 9.59. The molecule has 3 aromatic rings. The van der Waals surface area contributed by atoms with Gasteiger partial charge in [-0.15, -0.1) is 0 Å². The Hall–Kier alpha value is -4.07. The van der Waals surface area contributed by atoms with E-state index in [-0.39, 0.29) is 5.83 Å². The van der Waals surface area contributed by atoms with Crippen LogP contribution in [0.2, 0.25) is 0 Å². The van der Waals surface area contributed by atoms with Gasteiger partial charge in [0.05, 0.1) is 11.4 Å². The molecule has 0 aliphatic rings. The number of hydrogen-bond acceptors (Lipinski definition) is 5. The average molecular weight is 475 g/mol. The Balaban J connectivity index is 1.82. The van der Waals surface area contributed by atoms with Crippen molar-refractivity contribution in [1.29, 1.82) is 0 Å². The van der Waals surface area contributed by atoms with E-state index in [1.807, 2.05) is 52.9 Å². The molecule has 2 heterocycles. The number of anilines is 1. The van der Waals surface area contributed by atoms with E-state index >= 15 is 0 Å². The predicted molar refractivity (Wildman–Crippen MR) is 138 cm³/mol. The third kappa shape index (κ3) is 7.20. The third-order valence-electron chi connectivity index (χ3n) is 5.48. The van der Waals surface area contributed by atoms with Crippen LogP contribution in [0.25, 0.3) is 16.8 Å². The fourth-order valence-electron chi connectivity index (χ4n) is 3.69. The molecule has 0 atom stereocenters. The second-order valence-electron chi connectivity index (χ2n) is 8.03. The summed E-state index contributed by atoms with van der Waals surface area (Å²) in [5.74, 6) is 0.272. The molecule has 7 nitrogen and oxygen atoms in total. The first-order chi connectivity index (χ1) is 17.0. The van der Waals surface area contributed by atoms with Crippen LogP contribution in [0.4, 0.5) is 10.3 Å². The summed E-state index contributed by atoms with van der Waals surface area (Å²) in [6, 6.07) is 13.9. The SMILES string of the molecule is C=C/C(F)=C(C)\C=C(/C)c1cc(-c2ccccc2)n(CCCN(CCNC=O)c2ncccn2)n1. The fraction of sp³-hybridized carbons (Fsp3) is 0.259. The summed E-state index contributed by atoms with van der Waals surface area (Å²) in [5, 5.41) is 7.53. The van der Waals surface area contributed by atoms with Gasteiger partial charge in [-0.3, -0.25) is 9.48 Å². The Bertz CT molecular complexity index is 1170. The van der Waals surface area contributed by atoms with E-state index in [0.717, 1.165) is 28.9 Å². The Kier molecular flexibility index (Phi) is 9.48. The standard InChI is InChI=1S/C27H31FN6O/c1-4-24(28)21(2)18-22(3)25-19-26(23-10-6-5-7-11-23)34(32-25)16-9-15-33(17-14-29-20-35)27-30-12-8-13-31-27/h4-8,10-13,18-20H,1,9,14-17H2,2-3H3,(H,29,35)/b22-18+,24-21+. The second kappa shape index (κ2) is 13.0. The highest BCUT2D eigenvalue weighted by Crippen LogP contribution is 2.25. The van der Waals surface area contributed by atoms with E-state index < -0.39 is 0 Å². The molecule has 0 saturated heterocycles. The van der Waals surface area contributed by atoms with Crippen LogP contribution >= 0.6 is 0 Å². The molecule has 1 aromatic carbocycles. The van der Waals surface area contributed by atoms with E-state index in [1.54, 1.807) is 31.5 Å². The number of rotatable bonds is 13. The first-order valence-electron chi connectivity index (χ1n) is 11.5. The largest absolute Gasteiger partial charge is 0.357 e. The zero-order valence-corrected chi connectivity index (χ0v) is 20.2. The quantitative estimate of drug-likeness (QED) is 0.218. The van der Waals surface area contributed by atoms with Crippen LogP contribution < -0.4 is 10.2 Å². The Morgan fingerprint density at radius 1 is 1.14 bits per heavy atom. The molecular weight excluding hydrogens is 443 g/mol. The fourth-order valence-corrected chi connectivity index (χ4v) is 3.69. The molecule has 0 aliphatic carbocycles. The van der Waals surface area contributed by atoms with E-state index in [2.05, 4.69) is 21.9 Å². The van der Waals surface area contributed by atoms with Crippen LogP contribution in [-0.2, 0) is 11.3 Å². The lowest BCUT2D eigenvalue weighted by Gasteiger charge is -2.22. The van der Waals surface area contributed by atoms with E-state index in [1.165, 1.54) is 6.08 Å². The van der Waals surface area contributed by atoms with Gasteiger partial charge in [-0.25, -0.2) is 14.4 Å². The number of amides is 1. The second-order valence-corrected chi connectivity index (χ2v) is 8.03. The highest BCUT2D eigenvalue weighted by Gasteiger charge is 2.13. The van der Waals surface area contributed by atoms with Gasteiger partial charge in [0.2, 0.25) is 12.4 Å². The predicted octanol–water partition coefficient (Wildman–Crippen LogP) is 4.82. The van der Waals surface area contributed by atoms with Crippen LogP contribution in [-0.4, -0.2) is 45.8 Å². The van der Waals surface area contributed by atoms with Crippen molar-refractivity contribution < 1.29 is 9.18 Å². The van der Waals surface area contributed by atoms with Gasteiger partial charge < -0.3 is 10.2 Å². The van der Waals surface area contributed by atoms with Gasteiger partial charge in [0.1, 0.15) is 5.83 Å². The Labute approximate surface area is 205 Å². The highest BCUT2D eigenvalue weighted by atomic mass is 19.1. The number of benzene rings is 1. The lowest BCUT2D eigenvalue weighted by atomic mass is 10.1. The molecule has 0 saturated carbocycles. The molecule has 182 valence electrons. The summed E-state index contributed by atoms with van der Waals surface area (Å²) in [5.41, 5.74) is 4.22. The molecule has 2 aromatic heterocycles. The molecule has 0 radical (unpaired) electrons. The third-order valence-corrected chi connectivity index (χ3v) is 5.48. The minimum atomic E-state index is -0.348. The zero-order valence-electron chi connectivity index (χ0n) is 20.2. The summed E-state index contributed by atoms with van der Waals surface area (Å²) < 4.78 is 15.9. The highest BCUT2D eigenvalue weighted by molar-refractivity contribution is 5.69. The Morgan fingerprint density at radius 3 is 2.57 bits per heavy atom. The van der Waals surface area contributed by atoms with Gasteiger partial charge in [-0.1, -0.05) is 43.0 Å². The number of nitrogens with one attached hydrogen (secondary N) is 1. The topological polar surface area (TPSA) is 75.9 Å². The summed E-state index contributed by atoms with van der Waals surface area (Å²) in [6.07, 6.45) is 7.88. The van der Waals surface area contributed by atoms with Crippen LogP contribution in [0.1, 0.15) is 26.0 Å². The van der Waals surface area contributed by atoms with Gasteiger partial charge in [-0.2, -0.15) is 5.10 Å². The molecule has 0 fully saturated rings. The minimum Gasteiger partial charge on any atom is -0.357 e. The number of carbonyl (C=O) groups is 1. The number of hydrogen-bond donors (Lipinski definition) is 1. The molecule has 3 rings (SSSR count). The maximum atomic E-state index is 13.9. The number of aryl methyl sites for hydroxylation is 1. The van der Waals surface area contributed by atoms with Crippen LogP contribution in [0.3, 0.4) is 0 Å². The maximum absolute atomic E-state index is 13.9. The molecule has 1 N–H and O–H groups in total. The van der Waals surface area contributed by atoms with E-state index in [4.69, 9.17) is 5.10 Å². The number of aromatic nitrogens is 4. The number of allylic oxidation sites excluding steroid dienone is 5. The molecule has 35 heavy (non-hydrogen) atoms. The molecule has 0 bridgehead atoms. The average Bonchev–Trinajstić information content (AvgIpc) is 3.32. The summed E-state index contributed by atoms with van der Waals surface area (Å²) >= 11 is 0. The first kappa shape index (κ1) is 25.6. The van der Waals surface area contributed by atoms with Gasteiger partial charge in [-0.05, 0) is 55.2 Å². The molecule has 8 heteroatoms. The molecular formula is C27H31FN6O. The molecule has 0 unspecified atom stereocenters. The molecule has 1 amide bonds. The van der Waals surface area contributed by atoms with Gasteiger partial charge in [0, 0.05) is 38.6 Å². The monoisotopic (exact) mass is 474 g/mol. The summed E-state index contributed by atoms with van der Waals surface area (Å²) in [4.78, 5) is 21.4. The summed E-state index contributed by atoms with van der Waals surface area (Å²) in [7, 11) is 0. The van der Waals surface area contributed by atoms with Crippen molar-refractivity contribution in [2.75, 3.05) is 24.5 Å². The lowest BCUT2D eigenvalue weighted by Crippen LogP contribution is -2.34. The van der Waals surface area contributed by atoms with Crippen LogP contribution in [0.15, 0.2) is 85.0 Å².